The molecule has 4 heteroatoms. The summed E-state index contributed by atoms with van der Waals surface area (Å²) < 4.78 is 5.06. The van der Waals surface area contributed by atoms with Gasteiger partial charge in [0.2, 0.25) is 0 Å². The fourth-order valence-corrected chi connectivity index (χ4v) is 1.69. The highest BCUT2D eigenvalue weighted by atomic mass is 16.5. The lowest BCUT2D eigenvalue weighted by Crippen LogP contribution is -2.06. The lowest BCUT2D eigenvalue weighted by molar-refractivity contribution is 0.0504. The summed E-state index contributed by atoms with van der Waals surface area (Å²) in [5, 5.41) is 9.79. The molecule has 0 amide bonds. The molecule has 0 bridgehead atoms. The molecular weight excluding hydrogens is 242 g/mol. The third kappa shape index (κ3) is 3.10. The first kappa shape index (κ1) is 13.1. The monoisotopic (exact) mass is 257 g/mol. The smallest absolute Gasteiger partial charge is 0.339 e. The van der Waals surface area contributed by atoms with Crippen LogP contribution in [0.3, 0.4) is 0 Å². The molecule has 1 heterocycles. The van der Waals surface area contributed by atoms with Gasteiger partial charge in [-0.05, 0) is 18.6 Å². The van der Waals surface area contributed by atoms with Crippen LogP contribution in [0, 0.1) is 0 Å². The SMILES string of the molecule is CCCOC(=O)c1cncc(-c2ccccc2O)c1. The average molecular weight is 257 g/mol. The first-order valence-electron chi connectivity index (χ1n) is 6.13. The van der Waals surface area contributed by atoms with Crippen molar-refractivity contribution in [2.75, 3.05) is 6.61 Å². The number of nitrogens with zero attached hydrogens (tertiary/aromatic N) is 1. The van der Waals surface area contributed by atoms with E-state index in [4.69, 9.17) is 4.74 Å². The molecule has 1 N–H and O–H groups in total. The van der Waals surface area contributed by atoms with Crippen LogP contribution in [0.1, 0.15) is 23.7 Å². The number of phenolic OH excluding ortho intramolecular Hbond substituents is 1. The lowest BCUT2D eigenvalue weighted by atomic mass is 10.1. The van der Waals surface area contributed by atoms with E-state index in [0.29, 0.717) is 23.3 Å². The number of aromatic nitrogens is 1. The molecule has 1 aromatic carbocycles. The largest absolute Gasteiger partial charge is 0.507 e. The summed E-state index contributed by atoms with van der Waals surface area (Å²) in [6, 6.07) is 8.59. The summed E-state index contributed by atoms with van der Waals surface area (Å²) in [4.78, 5) is 15.8. The number of phenols is 1. The van der Waals surface area contributed by atoms with Crippen LogP contribution in [0.5, 0.6) is 5.75 Å². The molecule has 0 aliphatic carbocycles. The fraction of sp³-hybridized carbons (Fsp3) is 0.200. The van der Waals surface area contributed by atoms with Gasteiger partial charge in [0.15, 0.2) is 0 Å². The standard InChI is InChI=1S/C15H15NO3/c1-2-7-19-15(18)12-8-11(9-16-10-12)13-5-3-4-6-14(13)17/h3-6,8-10,17H,2,7H2,1H3. The highest BCUT2D eigenvalue weighted by Crippen LogP contribution is 2.28. The molecule has 0 unspecified atom stereocenters. The van der Waals surface area contributed by atoms with Crippen LogP contribution in [0.15, 0.2) is 42.7 Å². The fourth-order valence-electron chi connectivity index (χ4n) is 1.69. The van der Waals surface area contributed by atoms with Crippen molar-refractivity contribution in [2.45, 2.75) is 13.3 Å². The van der Waals surface area contributed by atoms with E-state index < -0.39 is 5.97 Å². The summed E-state index contributed by atoms with van der Waals surface area (Å²) in [5.41, 5.74) is 1.71. The molecule has 0 fully saturated rings. The number of hydrogen-bond donors (Lipinski definition) is 1. The van der Waals surface area contributed by atoms with Crippen LogP contribution in [0.4, 0.5) is 0 Å². The first-order chi connectivity index (χ1) is 9.22. The van der Waals surface area contributed by atoms with Crippen molar-refractivity contribution in [1.82, 2.24) is 4.98 Å². The van der Waals surface area contributed by atoms with Crippen molar-refractivity contribution in [3.63, 3.8) is 0 Å². The predicted octanol–water partition coefficient (Wildman–Crippen LogP) is 3.02. The highest BCUT2D eigenvalue weighted by molar-refractivity contribution is 5.90. The van der Waals surface area contributed by atoms with Crippen LogP contribution in [-0.2, 0) is 4.74 Å². The van der Waals surface area contributed by atoms with E-state index in [1.165, 1.54) is 6.20 Å². The van der Waals surface area contributed by atoms with Gasteiger partial charge in [0, 0.05) is 23.5 Å². The van der Waals surface area contributed by atoms with Gasteiger partial charge in [-0.2, -0.15) is 0 Å². The number of pyridine rings is 1. The number of esters is 1. The molecule has 0 radical (unpaired) electrons. The zero-order chi connectivity index (χ0) is 13.7. The van der Waals surface area contributed by atoms with Gasteiger partial charge in [0.25, 0.3) is 0 Å². The Hall–Kier alpha value is -2.36. The second kappa shape index (κ2) is 6.00. The zero-order valence-corrected chi connectivity index (χ0v) is 10.7. The van der Waals surface area contributed by atoms with E-state index in [1.807, 2.05) is 13.0 Å². The Morgan fingerprint density at radius 3 is 2.84 bits per heavy atom. The maximum absolute atomic E-state index is 11.7. The normalized spacial score (nSPS) is 10.2. The topological polar surface area (TPSA) is 59.4 Å². The molecule has 0 saturated heterocycles. The van der Waals surface area contributed by atoms with Crippen LogP contribution in [-0.4, -0.2) is 22.7 Å². The number of benzene rings is 1. The Balaban J connectivity index is 2.30. The average Bonchev–Trinajstić information content (AvgIpc) is 2.45. The van der Waals surface area contributed by atoms with Gasteiger partial charge < -0.3 is 9.84 Å². The minimum absolute atomic E-state index is 0.156. The Kier molecular flexibility index (Phi) is 4.13. The third-order valence-electron chi connectivity index (χ3n) is 2.63. The third-order valence-corrected chi connectivity index (χ3v) is 2.63. The van der Waals surface area contributed by atoms with E-state index in [-0.39, 0.29) is 5.75 Å². The number of hydrogen-bond acceptors (Lipinski definition) is 4. The molecule has 98 valence electrons. The molecule has 4 nitrogen and oxygen atoms in total. The Bertz CT molecular complexity index is 581. The van der Waals surface area contributed by atoms with Gasteiger partial charge in [0.05, 0.1) is 12.2 Å². The summed E-state index contributed by atoms with van der Waals surface area (Å²) in [6.07, 6.45) is 3.84. The van der Waals surface area contributed by atoms with E-state index >= 15 is 0 Å². The van der Waals surface area contributed by atoms with Crippen molar-refractivity contribution >= 4 is 5.97 Å². The minimum atomic E-state index is -0.397. The first-order valence-corrected chi connectivity index (χ1v) is 6.13. The number of rotatable bonds is 4. The molecule has 2 rings (SSSR count). The minimum Gasteiger partial charge on any atom is -0.507 e. The number of para-hydroxylation sites is 1. The Morgan fingerprint density at radius 1 is 1.32 bits per heavy atom. The maximum Gasteiger partial charge on any atom is 0.339 e. The van der Waals surface area contributed by atoms with E-state index in [0.717, 1.165) is 6.42 Å². The second-order valence-electron chi connectivity index (χ2n) is 4.12. The molecule has 0 aliphatic heterocycles. The van der Waals surface area contributed by atoms with Crippen LogP contribution in [0.25, 0.3) is 11.1 Å². The van der Waals surface area contributed by atoms with Gasteiger partial charge in [-0.25, -0.2) is 4.79 Å². The second-order valence-corrected chi connectivity index (χ2v) is 4.12. The maximum atomic E-state index is 11.7. The molecule has 2 aromatic rings. The summed E-state index contributed by atoms with van der Waals surface area (Å²) >= 11 is 0. The van der Waals surface area contributed by atoms with Crippen molar-refractivity contribution in [2.24, 2.45) is 0 Å². The number of carbonyl (C=O) groups excluding carboxylic acids is 1. The number of carbonyl (C=O) groups is 1. The van der Waals surface area contributed by atoms with E-state index in [1.54, 1.807) is 30.5 Å². The molecule has 0 saturated carbocycles. The van der Waals surface area contributed by atoms with Crippen molar-refractivity contribution < 1.29 is 14.6 Å². The van der Waals surface area contributed by atoms with Gasteiger partial charge in [-0.3, -0.25) is 4.98 Å². The van der Waals surface area contributed by atoms with Gasteiger partial charge in [-0.1, -0.05) is 25.1 Å². The molecule has 0 aliphatic rings. The van der Waals surface area contributed by atoms with Crippen molar-refractivity contribution in [3.8, 4) is 16.9 Å². The molecular formula is C15H15NO3. The van der Waals surface area contributed by atoms with Crippen molar-refractivity contribution in [3.05, 3.63) is 48.3 Å². The zero-order valence-electron chi connectivity index (χ0n) is 10.7. The molecule has 19 heavy (non-hydrogen) atoms. The van der Waals surface area contributed by atoms with E-state index in [9.17, 15) is 9.90 Å². The Labute approximate surface area is 111 Å². The molecule has 0 atom stereocenters. The van der Waals surface area contributed by atoms with Crippen LogP contribution in [0.2, 0.25) is 0 Å². The van der Waals surface area contributed by atoms with Crippen LogP contribution < -0.4 is 0 Å². The van der Waals surface area contributed by atoms with Crippen LogP contribution >= 0.6 is 0 Å². The number of ether oxygens (including phenoxy) is 1. The Morgan fingerprint density at radius 2 is 2.11 bits per heavy atom. The van der Waals surface area contributed by atoms with E-state index in [2.05, 4.69) is 4.98 Å². The summed E-state index contributed by atoms with van der Waals surface area (Å²) in [7, 11) is 0. The quantitative estimate of drug-likeness (QED) is 0.855. The van der Waals surface area contributed by atoms with Crippen molar-refractivity contribution in [1.29, 1.82) is 0 Å². The summed E-state index contributed by atoms with van der Waals surface area (Å²) in [6.45, 7) is 2.32. The van der Waals surface area contributed by atoms with Gasteiger partial charge >= 0.3 is 5.97 Å². The molecule has 0 spiro atoms. The predicted molar refractivity (Wildman–Crippen MR) is 71.9 cm³/mol. The van der Waals surface area contributed by atoms with Gasteiger partial charge in [-0.15, -0.1) is 0 Å². The highest BCUT2D eigenvalue weighted by Gasteiger charge is 2.10. The lowest BCUT2D eigenvalue weighted by Gasteiger charge is -2.06. The molecule has 1 aromatic heterocycles. The van der Waals surface area contributed by atoms with Gasteiger partial charge in [0.1, 0.15) is 5.75 Å². The number of aromatic hydroxyl groups is 1. The summed E-state index contributed by atoms with van der Waals surface area (Å²) in [5.74, 6) is -0.241.